The van der Waals surface area contributed by atoms with Crippen LogP contribution >= 0.6 is 0 Å². The van der Waals surface area contributed by atoms with Crippen molar-refractivity contribution in [3.8, 4) is 5.75 Å². The first-order valence-corrected chi connectivity index (χ1v) is 7.63. The van der Waals surface area contributed by atoms with Crippen LogP contribution in [-0.4, -0.2) is 32.4 Å². The average Bonchev–Trinajstić information content (AvgIpc) is 2.92. The van der Waals surface area contributed by atoms with Crippen LogP contribution < -0.4 is 15.7 Å². The van der Waals surface area contributed by atoms with E-state index in [-0.39, 0.29) is 12.2 Å². The average molecular weight is 363 g/mol. The second kappa shape index (κ2) is 6.90. The van der Waals surface area contributed by atoms with E-state index in [4.69, 9.17) is 4.74 Å². The van der Waals surface area contributed by atoms with Crippen LogP contribution in [0.1, 0.15) is 18.5 Å². The van der Waals surface area contributed by atoms with Crippen molar-refractivity contribution in [1.29, 1.82) is 0 Å². The minimum absolute atomic E-state index is 0.232. The number of rotatable bonds is 5. The van der Waals surface area contributed by atoms with Crippen LogP contribution in [0.2, 0.25) is 0 Å². The first kappa shape index (κ1) is 17.5. The van der Waals surface area contributed by atoms with E-state index in [0.717, 1.165) is 21.3 Å². The van der Waals surface area contributed by atoms with Crippen LogP contribution in [-0.2, 0) is 11.3 Å². The van der Waals surface area contributed by atoms with Gasteiger partial charge in [-0.3, -0.25) is 4.79 Å². The smallest absolute Gasteiger partial charge is 0.367 e. The molecule has 0 bridgehead atoms. The van der Waals surface area contributed by atoms with Gasteiger partial charge in [0.15, 0.2) is 17.3 Å². The van der Waals surface area contributed by atoms with E-state index in [2.05, 4.69) is 15.5 Å². The fraction of sp³-hybridized carbons (Fsp3) is 0.250. The number of fused-ring (bicyclic) bond motifs is 1. The number of carbonyl (C=O) groups excluding carboxylic acids is 1. The van der Waals surface area contributed by atoms with Gasteiger partial charge in [0.25, 0.3) is 0 Å². The zero-order valence-corrected chi connectivity index (χ0v) is 13.9. The molecule has 2 heterocycles. The highest BCUT2D eigenvalue weighted by atomic mass is 19.2. The Morgan fingerprint density at radius 2 is 2.08 bits per heavy atom. The minimum Gasteiger partial charge on any atom is -0.495 e. The van der Waals surface area contributed by atoms with Gasteiger partial charge in [-0.1, -0.05) is 6.07 Å². The third kappa shape index (κ3) is 3.39. The maximum Gasteiger partial charge on any atom is 0.367 e. The lowest BCUT2D eigenvalue weighted by atomic mass is 10.1. The Kier molecular flexibility index (Phi) is 4.65. The number of hydrogen-bond donors (Lipinski definition) is 1. The Balaban J connectivity index is 1.75. The standard InChI is InChI=1S/C16H15F2N5O3/c1-9(10-3-4-12(17)13(18)5-10)20-15(24)8-22-16(25)23-14(21-22)6-11(26-2)7-19-23/h3-7,9H,8H2,1-2H3,(H,20,24)/t9-/m0/s1. The molecule has 136 valence electrons. The molecule has 8 nitrogen and oxygen atoms in total. The van der Waals surface area contributed by atoms with Crippen LogP contribution in [0.25, 0.3) is 5.65 Å². The van der Waals surface area contributed by atoms with Crippen LogP contribution in [0.5, 0.6) is 5.75 Å². The highest BCUT2D eigenvalue weighted by Gasteiger charge is 2.15. The number of aromatic nitrogens is 4. The highest BCUT2D eigenvalue weighted by molar-refractivity contribution is 5.76. The maximum absolute atomic E-state index is 13.3. The maximum atomic E-state index is 13.3. The molecule has 0 aliphatic carbocycles. The Morgan fingerprint density at radius 1 is 1.31 bits per heavy atom. The van der Waals surface area contributed by atoms with Gasteiger partial charge in [-0.15, -0.1) is 5.10 Å². The number of carbonyl (C=O) groups is 1. The molecule has 0 fully saturated rings. The summed E-state index contributed by atoms with van der Waals surface area (Å²) in [5.74, 6) is -2.06. The molecule has 0 saturated heterocycles. The molecule has 1 N–H and O–H groups in total. The first-order valence-electron chi connectivity index (χ1n) is 7.63. The second-order valence-electron chi connectivity index (χ2n) is 5.57. The molecule has 0 spiro atoms. The summed E-state index contributed by atoms with van der Waals surface area (Å²) in [4.78, 5) is 24.4. The highest BCUT2D eigenvalue weighted by Crippen LogP contribution is 2.16. The van der Waals surface area contributed by atoms with E-state index >= 15 is 0 Å². The predicted molar refractivity (Wildman–Crippen MR) is 86.7 cm³/mol. The number of methoxy groups -OCH3 is 1. The molecule has 3 aromatic rings. The van der Waals surface area contributed by atoms with Crippen LogP contribution in [0.4, 0.5) is 8.78 Å². The van der Waals surface area contributed by atoms with Crippen LogP contribution in [0.3, 0.4) is 0 Å². The van der Waals surface area contributed by atoms with Crippen molar-refractivity contribution in [3.05, 3.63) is 58.1 Å². The van der Waals surface area contributed by atoms with Crippen molar-refractivity contribution >= 4 is 11.6 Å². The molecule has 1 aromatic carbocycles. The Morgan fingerprint density at radius 3 is 2.77 bits per heavy atom. The van der Waals surface area contributed by atoms with E-state index in [1.165, 1.54) is 25.4 Å². The zero-order valence-electron chi connectivity index (χ0n) is 13.9. The Hall–Kier alpha value is -3.30. The summed E-state index contributed by atoms with van der Waals surface area (Å²) in [6.45, 7) is 1.27. The molecule has 1 amide bonds. The van der Waals surface area contributed by atoms with Crippen molar-refractivity contribution in [2.45, 2.75) is 19.5 Å². The summed E-state index contributed by atoms with van der Waals surface area (Å²) in [5, 5.41) is 10.5. The molecule has 2 aromatic heterocycles. The lowest BCUT2D eigenvalue weighted by molar-refractivity contribution is -0.122. The number of hydrogen-bond acceptors (Lipinski definition) is 5. The second-order valence-corrected chi connectivity index (χ2v) is 5.57. The van der Waals surface area contributed by atoms with Crippen molar-refractivity contribution in [2.24, 2.45) is 0 Å². The first-order chi connectivity index (χ1) is 12.4. The molecule has 26 heavy (non-hydrogen) atoms. The summed E-state index contributed by atoms with van der Waals surface area (Å²) in [7, 11) is 1.45. The summed E-state index contributed by atoms with van der Waals surface area (Å²) in [6.07, 6.45) is 1.35. The molecule has 10 heteroatoms. The normalized spacial score (nSPS) is 12.2. The number of benzene rings is 1. The topological polar surface area (TPSA) is 90.5 Å². The molecule has 0 unspecified atom stereocenters. The summed E-state index contributed by atoms with van der Waals surface area (Å²) >= 11 is 0. The van der Waals surface area contributed by atoms with Crippen molar-refractivity contribution in [2.75, 3.05) is 7.11 Å². The third-order valence-corrected chi connectivity index (χ3v) is 3.76. The molecule has 3 rings (SSSR count). The van der Waals surface area contributed by atoms with Gasteiger partial charge in [0.2, 0.25) is 5.91 Å². The van der Waals surface area contributed by atoms with E-state index < -0.39 is 29.3 Å². The van der Waals surface area contributed by atoms with E-state index in [9.17, 15) is 18.4 Å². The van der Waals surface area contributed by atoms with E-state index in [1.54, 1.807) is 6.92 Å². The monoisotopic (exact) mass is 363 g/mol. The zero-order chi connectivity index (χ0) is 18.8. The fourth-order valence-electron chi connectivity index (χ4n) is 2.40. The number of nitrogens with zero attached hydrogens (tertiary/aromatic N) is 4. The summed E-state index contributed by atoms with van der Waals surface area (Å²) < 4.78 is 33.3. The van der Waals surface area contributed by atoms with Crippen molar-refractivity contribution in [1.82, 2.24) is 24.7 Å². The van der Waals surface area contributed by atoms with Crippen LogP contribution in [0.15, 0.2) is 35.3 Å². The largest absolute Gasteiger partial charge is 0.495 e. The molecule has 1 atom stereocenters. The van der Waals surface area contributed by atoms with Gasteiger partial charge in [-0.25, -0.2) is 18.3 Å². The van der Waals surface area contributed by atoms with Gasteiger partial charge in [-0.05, 0) is 24.6 Å². The van der Waals surface area contributed by atoms with Crippen molar-refractivity contribution in [3.63, 3.8) is 0 Å². The predicted octanol–water partition coefficient (Wildman–Crippen LogP) is 1.06. The van der Waals surface area contributed by atoms with Crippen molar-refractivity contribution < 1.29 is 18.3 Å². The number of nitrogens with one attached hydrogen (secondary N) is 1. The van der Waals surface area contributed by atoms with Crippen LogP contribution in [0, 0.1) is 11.6 Å². The quantitative estimate of drug-likeness (QED) is 0.732. The van der Waals surface area contributed by atoms with Gasteiger partial charge in [0.1, 0.15) is 12.3 Å². The number of halogens is 2. The Bertz CT molecular complexity index is 1030. The third-order valence-electron chi connectivity index (χ3n) is 3.76. The lowest BCUT2D eigenvalue weighted by Gasteiger charge is -2.14. The van der Waals surface area contributed by atoms with Gasteiger partial charge in [-0.2, -0.15) is 9.61 Å². The number of amides is 1. The SMILES string of the molecule is COc1cnn2c(=O)n(CC(=O)N[C@@H](C)c3ccc(F)c(F)c3)nc2c1. The fourth-order valence-corrected chi connectivity index (χ4v) is 2.40. The van der Waals surface area contributed by atoms with E-state index in [1.807, 2.05) is 0 Å². The van der Waals surface area contributed by atoms with E-state index in [0.29, 0.717) is 11.3 Å². The summed E-state index contributed by atoms with van der Waals surface area (Å²) in [6, 6.07) is 4.29. The molecule has 0 aliphatic rings. The van der Waals surface area contributed by atoms with Gasteiger partial charge >= 0.3 is 5.69 Å². The molecule has 0 aliphatic heterocycles. The number of ether oxygens (including phenoxy) is 1. The van der Waals surface area contributed by atoms with Gasteiger partial charge in [0, 0.05) is 6.07 Å². The molecular formula is C16H15F2N5O3. The molecular weight excluding hydrogens is 348 g/mol. The minimum atomic E-state index is -1.000. The molecule has 0 saturated carbocycles. The lowest BCUT2D eigenvalue weighted by Crippen LogP contribution is -2.34. The van der Waals surface area contributed by atoms with Gasteiger partial charge in [0.05, 0.1) is 19.3 Å². The Labute approximate surface area is 146 Å². The summed E-state index contributed by atoms with van der Waals surface area (Å²) in [5.41, 5.74) is 0.0417. The molecule has 0 radical (unpaired) electrons. The van der Waals surface area contributed by atoms with Gasteiger partial charge < -0.3 is 10.1 Å².